The third-order valence-corrected chi connectivity index (χ3v) is 1.04. The molecule has 4 nitrogen and oxygen atoms in total. The lowest BCUT2D eigenvalue weighted by Gasteiger charge is -2.10. The molecule has 0 aliphatic heterocycles. The molecule has 0 fully saturated rings. The Morgan fingerprint density at radius 2 is 2.10 bits per heavy atom. The molecular weight excluding hydrogens is 134 g/mol. The van der Waals surface area contributed by atoms with E-state index in [9.17, 15) is 4.79 Å². The Morgan fingerprint density at radius 3 is 2.40 bits per heavy atom. The fraction of sp³-hybridized carbons (Fsp3) is 0.833. The summed E-state index contributed by atoms with van der Waals surface area (Å²) in [5, 5.41) is 19.6. The molecule has 0 bridgehead atoms. The molecule has 10 heavy (non-hydrogen) atoms. The Bertz CT molecular complexity index is 114. The Kier molecular flexibility index (Phi) is 3.99. The molecule has 2 atom stereocenters. The molecule has 0 rings (SSSR count). The summed E-state index contributed by atoms with van der Waals surface area (Å²) < 4.78 is 0. The fourth-order valence-corrected chi connectivity index (χ4v) is 0.487. The summed E-state index contributed by atoms with van der Waals surface area (Å²) in [5.41, 5.74) is 0. The quantitative estimate of drug-likeness (QED) is 0.458. The van der Waals surface area contributed by atoms with E-state index < -0.39 is 18.2 Å². The maximum absolute atomic E-state index is 10.7. The number of rotatable bonds is 3. The summed E-state index contributed by atoms with van der Waals surface area (Å²) in [6.07, 6.45) is -1.54. The maximum atomic E-state index is 10.7. The van der Waals surface area contributed by atoms with E-state index in [2.05, 4.69) is 5.32 Å². The van der Waals surface area contributed by atoms with Gasteiger partial charge in [-0.05, 0) is 13.3 Å². The lowest BCUT2D eigenvalue weighted by Crippen LogP contribution is -2.39. The highest BCUT2D eigenvalue weighted by atomic mass is 16.3. The average Bonchev–Trinajstić information content (AvgIpc) is 1.85. The molecule has 0 saturated carbocycles. The van der Waals surface area contributed by atoms with Crippen LogP contribution in [0.25, 0.3) is 0 Å². The minimum Gasteiger partial charge on any atom is -0.383 e. The summed E-state index contributed by atoms with van der Waals surface area (Å²) in [4.78, 5) is 10.7. The van der Waals surface area contributed by atoms with Crippen molar-refractivity contribution in [2.24, 2.45) is 0 Å². The van der Waals surface area contributed by atoms with Gasteiger partial charge in [0.15, 0.2) is 0 Å². The van der Waals surface area contributed by atoms with Crippen LogP contribution in [0.2, 0.25) is 0 Å². The molecule has 1 amide bonds. The van der Waals surface area contributed by atoms with E-state index in [4.69, 9.17) is 10.2 Å². The average molecular weight is 147 g/mol. The van der Waals surface area contributed by atoms with Gasteiger partial charge in [-0.25, -0.2) is 0 Å². The highest BCUT2D eigenvalue weighted by Crippen LogP contribution is 1.89. The predicted molar refractivity (Wildman–Crippen MR) is 36.1 cm³/mol. The molecule has 0 heterocycles. The SMILES string of the molecule is CCC(O)C(=O)NC(C)O. The van der Waals surface area contributed by atoms with Crippen LogP contribution >= 0.6 is 0 Å². The predicted octanol–water partition coefficient (Wildman–Crippen LogP) is -0.788. The fourth-order valence-electron chi connectivity index (χ4n) is 0.487. The minimum atomic E-state index is -1.01. The van der Waals surface area contributed by atoms with Crippen molar-refractivity contribution in [2.75, 3.05) is 0 Å². The second-order valence-electron chi connectivity index (χ2n) is 2.11. The molecule has 3 N–H and O–H groups in total. The monoisotopic (exact) mass is 147 g/mol. The van der Waals surface area contributed by atoms with E-state index in [1.165, 1.54) is 6.92 Å². The van der Waals surface area contributed by atoms with E-state index in [-0.39, 0.29) is 0 Å². The third-order valence-electron chi connectivity index (χ3n) is 1.04. The van der Waals surface area contributed by atoms with Gasteiger partial charge in [0.2, 0.25) is 0 Å². The topological polar surface area (TPSA) is 69.6 Å². The Morgan fingerprint density at radius 1 is 1.60 bits per heavy atom. The van der Waals surface area contributed by atoms with Gasteiger partial charge in [0.25, 0.3) is 5.91 Å². The highest BCUT2D eigenvalue weighted by molar-refractivity contribution is 5.80. The smallest absolute Gasteiger partial charge is 0.250 e. The molecule has 2 unspecified atom stereocenters. The first-order valence-corrected chi connectivity index (χ1v) is 3.24. The number of amides is 1. The van der Waals surface area contributed by atoms with E-state index in [0.717, 1.165) is 0 Å². The van der Waals surface area contributed by atoms with Crippen LogP contribution in [-0.2, 0) is 4.79 Å². The largest absolute Gasteiger partial charge is 0.383 e. The summed E-state index contributed by atoms with van der Waals surface area (Å²) in [5.74, 6) is -0.530. The second kappa shape index (κ2) is 4.24. The second-order valence-corrected chi connectivity index (χ2v) is 2.11. The summed E-state index contributed by atoms with van der Waals surface area (Å²) in [7, 11) is 0. The molecule has 0 aliphatic rings. The van der Waals surface area contributed by atoms with Gasteiger partial charge in [-0.2, -0.15) is 0 Å². The number of aliphatic hydroxyl groups is 2. The number of carbonyl (C=O) groups is 1. The van der Waals surface area contributed by atoms with Crippen molar-refractivity contribution >= 4 is 5.91 Å². The van der Waals surface area contributed by atoms with Crippen LogP contribution in [0.5, 0.6) is 0 Å². The Balaban J connectivity index is 3.62. The molecule has 0 saturated heterocycles. The number of hydrogen-bond donors (Lipinski definition) is 3. The zero-order valence-corrected chi connectivity index (χ0v) is 6.16. The van der Waals surface area contributed by atoms with Crippen LogP contribution in [0.1, 0.15) is 20.3 Å². The van der Waals surface area contributed by atoms with Crippen molar-refractivity contribution in [1.29, 1.82) is 0 Å². The molecule has 0 aliphatic carbocycles. The zero-order valence-electron chi connectivity index (χ0n) is 6.16. The van der Waals surface area contributed by atoms with Gasteiger partial charge in [0.05, 0.1) is 0 Å². The van der Waals surface area contributed by atoms with Crippen molar-refractivity contribution in [1.82, 2.24) is 5.32 Å². The first kappa shape index (κ1) is 9.39. The van der Waals surface area contributed by atoms with Crippen LogP contribution in [0.15, 0.2) is 0 Å². The van der Waals surface area contributed by atoms with Crippen LogP contribution in [0.3, 0.4) is 0 Å². The normalized spacial score (nSPS) is 16.0. The molecule has 0 aromatic rings. The number of aliphatic hydroxyl groups excluding tert-OH is 2. The summed E-state index contributed by atoms with van der Waals surface area (Å²) in [6.45, 7) is 3.10. The van der Waals surface area contributed by atoms with Crippen molar-refractivity contribution in [2.45, 2.75) is 32.6 Å². The third kappa shape index (κ3) is 3.42. The Labute approximate surface area is 59.9 Å². The van der Waals surface area contributed by atoms with Gasteiger partial charge in [0.1, 0.15) is 12.3 Å². The van der Waals surface area contributed by atoms with E-state index in [1.54, 1.807) is 6.92 Å². The van der Waals surface area contributed by atoms with Gasteiger partial charge in [-0.1, -0.05) is 6.92 Å². The van der Waals surface area contributed by atoms with Crippen molar-refractivity contribution in [3.8, 4) is 0 Å². The van der Waals surface area contributed by atoms with Crippen LogP contribution in [0, 0.1) is 0 Å². The van der Waals surface area contributed by atoms with Crippen LogP contribution < -0.4 is 5.32 Å². The van der Waals surface area contributed by atoms with Gasteiger partial charge >= 0.3 is 0 Å². The molecule has 0 spiro atoms. The van der Waals surface area contributed by atoms with Gasteiger partial charge < -0.3 is 15.5 Å². The molecule has 4 heteroatoms. The van der Waals surface area contributed by atoms with E-state index in [1.807, 2.05) is 0 Å². The molecule has 60 valence electrons. The lowest BCUT2D eigenvalue weighted by molar-refractivity contribution is -0.132. The summed E-state index contributed by atoms with van der Waals surface area (Å²) >= 11 is 0. The van der Waals surface area contributed by atoms with Crippen molar-refractivity contribution in [3.05, 3.63) is 0 Å². The number of hydrogen-bond acceptors (Lipinski definition) is 3. The minimum absolute atomic E-state index is 0.360. The zero-order chi connectivity index (χ0) is 8.15. The first-order valence-electron chi connectivity index (χ1n) is 3.24. The van der Waals surface area contributed by atoms with Crippen molar-refractivity contribution < 1.29 is 15.0 Å². The van der Waals surface area contributed by atoms with E-state index >= 15 is 0 Å². The standard InChI is InChI=1S/C6H13NO3/c1-3-5(9)6(10)7-4(2)8/h4-5,8-9H,3H2,1-2H3,(H,7,10). The number of nitrogens with one attached hydrogen (secondary N) is 1. The first-order chi connectivity index (χ1) is 4.57. The molecular formula is C6H13NO3. The highest BCUT2D eigenvalue weighted by Gasteiger charge is 2.12. The van der Waals surface area contributed by atoms with Gasteiger partial charge in [0, 0.05) is 0 Å². The lowest BCUT2D eigenvalue weighted by atomic mass is 10.2. The maximum Gasteiger partial charge on any atom is 0.250 e. The Hall–Kier alpha value is -0.610. The van der Waals surface area contributed by atoms with Gasteiger partial charge in [-0.3, -0.25) is 4.79 Å². The van der Waals surface area contributed by atoms with Crippen molar-refractivity contribution in [3.63, 3.8) is 0 Å². The van der Waals surface area contributed by atoms with E-state index in [0.29, 0.717) is 6.42 Å². The molecule has 0 aromatic carbocycles. The molecule has 0 radical (unpaired) electrons. The van der Waals surface area contributed by atoms with Crippen LogP contribution in [0.4, 0.5) is 0 Å². The number of carbonyl (C=O) groups excluding carboxylic acids is 1. The summed E-state index contributed by atoms with van der Waals surface area (Å²) in [6, 6.07) is 0. The van der Waals surface area contributed by atoms with Crippen LogP contribution in [-0.4, -0.2) is 28.5 Å². The molecule has 0 aromatic heterocycles. The van der Waals surface area contributed by atoms with Gasteiger partial charge in [-0.15, -0.1) is 0 Å².